The summed E-state index contributed by atoms with van der Waals surface area (Å²) in [5.74, 6) is 0.832. The Balaban J connectivity index is 1.99. The zero-order valence-electron chi connectivity index (χ0n) is 17.3. The highest BCUT2D eigenvalue weighted by Gasteiger charge is 2.20. The van der Waals surface area contributed by atoms with Crippen LogP contribution in [0.5, 0.6) is 0 Å². The number of hydrogen-bond donors (Lipinski definition) is 1. The van der Waals surface area contributed by atoms with E-state index in [-0.39, 0.29) is 6.04 Å². The highest BCUT2D eigenvalue weighted by Crippen LogP contribution is 2.33. The summed E-state index contributed by atoms with van der Waals surface area (Å²) in [6.07, 6.45) is 7.23. The summed E-state index contributed by atoms with van der Waals surface area (Å²) in [6, 6.07) is 12.4. The highest BCUT2D eigenvalue weighted by atomic mass is 16.3. The molecule has 0 aliphatic heterocycles. The van der Waals surface area contributed by atoms with E-state index in [4.69, 9.17) is 9.97 Å². The fourth-order valence-corrected chi connectivity index (χ4v) is 3.43. The maximum Gasteiger partial charge on any atom is 0.128 e. The molecule has 3 rings (SSSR count). The van der Waals surface area contributed by atoms with Crippen molar-refractivity contribution >= 4 is 0 Å². The molecule has 0 fully saturated rings. The van der Waals surface area contributed by atoms with E-state index in [9.17, 15) is 5.11 Å². The topological polar surface area (TPSA) is 63.8 Å². The molecular formula is C23H30N4O. The minimum absolute atomic E-state index is 0.252. The first-order valence-corrected chi connectivity index (χ1v) is 10.1. The van der Waals surface area contributed by atoms with Crippen LogP contribution in [0.25, 0.3) is 22.6 Å². The van der Waals surface area contributed by atoms with Crippen molar-refractivity contribution in [3.63, 3.8) is 0 Å². The molecule has 1 N–H and O–H groups in total. The van der Waals surface area contributed by atoms with Crippen LogP contribution in [-0.2, 0) is 6.42 Å². The van der Waals surface area contributed by atoms with Gasteiger partial charge in [0, 0.05) is 24.2 Å². The first kappa shape index (κ1) is 20.2. The smallest absolute Gasteiger partial charge is 0.128 e. The molecule has 5 heteroatoms. The van der Waals surface area contributed by atoms with Crippen LogP contribution in [0.3, 0.4) is 0 Å². The molecule has 2 aromatic heterocycles. The zero-order chi connectivity index (χ0) is 20.1. The van der Waals surface area contributed by atoms with Crippen molar-refractivity contribution in [3.8, 4) is 22.6 Å². The quantitative estimate of drug-likeness (QED) is 0.594. The van der Waals surface area contributed by atoms with Gasteiger partial charge in [-0.3, -0.25) is 0 Å². The van der Waals surface area contributed by atoms with Gasteiger partial charge >= 0.3 is 0 Å². The third-order valence-corrected chi connectivity index (χ3v) is 4.99. The lowest BCUT2D eigenvalue weighted by Crippen LogP contribution is -2.18. The van der Waals surface area contributed by atoms with Gasteiger partial charge in [0.25, 0.3) is 0 Å². The summed E-state index contributed by atoms with van der Waals surface area (Å²) in [5.41, 5.74) is 3.32. The molecule has 28 heavy (non-hydrogen) atoms. The summed E-state index contributed by atoms with van der Waals surface area (Å²) in [7, 11) is 0. The van der Waals surface area contributed by atoms with E-state index in [1.54, 1.807) is 0 Å². The van der Waals surface area contributed by atoms with Crippen LogP contribution in [0.1, 0.15) is 58.8 Å². The summed E-state index contributed by atoms with van der Waals surface area (Å²) in [4.78, 5) is 13.9. The van der Waals surface area contributed by atoms with Gasteiger partial charge in [-0.25, -0.2) is 15.0 Å². The van der Waals surface area contributed by atoms with Crippen LogP contribution in [0, 0.1) is 0 Å². The molecule has 2 heterocycles. The SMILES string of the molecule is CCc1nccc(-c2c(-c3ccccc3)ncn2[C@@H](C)CCCC(C)(C)O)n1. The molecule has 5 nitrogen and oxygen atoms in total. The average molecular weight is 379 g/mol. The Kier molecular flexibility index (Phi) is 6.25. The predicted molar refractivity (Wildman–Crippen MR) is 113 cm³/mol. The van der Waals surface area contributed by atoms with Crippen molar-refractivity contribution in [1.82, 2.24) is 19.5 Å². The molecule has 3 aromatic rings. The fourth-order valence-electron chi connectivity index (χ4n) is 3.43. The van der Waals surface area contributed by atoms with Crippen LogP contribution in [0.15, 0.2) is 48.9 Å². The lowest BCUT2D eigenvalue weighted by molar-refractivity contribution is 0.0672. The number of nitrogens with zero attached hydrogens (tertiary/aromatic N) is 4. The summed E-state index contributed by atoms with van der Waals surface area (Å²) >= 11 is 0. The molecular weight excluding hydrogens is 348 g/mol. The molecule has 0 unspecified atom stereocenters. The fraction of sp³-hybridized carbons (Fsp3) is 0.435. The lowest BCUT2D eigenvalue weighted by atomic mass is 9.99. The van der Waals surface area contributed by atoms with E-state index in [2.05, 4.69) is 35.5 Å². The molecule has 0 saturated carbocycles. The first-order chi connectivity index (χ1) is 13.4. The lowest BCUT2D eigenvalue weighted by Gasteiger charge is -2.20. The number of hydrogen-bond acceptors (Lipinski definition) is 4. The van der Waals surface area contributed by atoms with E-state index < -0.39 is 5.60 Å². The molecule has 0 aliphatic rings. The van der Waals surface area contributed by atoms with Gasteiger partial charge in [-0.15, -0.1) is 0 Å². The van der Waals surface area contributed by atoms with Crippen LogP contribution >= 0.6 is 0 Å². The minimum Gasteiger partial charge on any atom is -0.390 e. The normalized spacial score (nSPS) is 12.9. The summed E-state index contributed by atoms with van der Waals surface area (Å²) in [5, 5.41) is 10.0. The molecule has 0 spiro atoms. The number of imidazole rings is 1. The molecule has 1 aromatic carbocycles. The number of benzene rings is 1. The number of rotatable bonds is 8. The van der Waals surface area contributed by atoms with E-state index in [0.29, 0.717) is 0 Å². The van der Waals surface area contributed by atoms with Crippen LogP contribution in [0.4, 0.5) is 0 Å². The summed E-state index contributed by atoms with van der Waals surface area (Å²) in [6.45, 7) is 7.99. The average Bonchev–Trinajstić information content (AvgIpc) is 3.13. The third kappa shape index (κ3) is 4.84. The van der Waals surface area contributed by atoms with Gasteiger partial charge in [-0.1, -0.05) is 37.3 Å². The van der Waals surface area contributed by atoms with Crippen molar-refractivity contribution in [1.29, 1.82) is 0 Å². The van der Waals surface area contributed by atoms with Crippen LogP contribution in [-0.4, -0.2) is 30.2 Å². The highest BCUT2D eigenvalue weighted by molar-refractivity contribution is 5.76. The second-order valence-electron chi connectivity index (χ2n) is 7.98. The van der Waals surface area contributed by atoms with E-state index in [0.717, 1.165) is 54.2 Å². The summed E-state index contributed by atoms with van der Waals surface area (Å²) < 4.78 is 2.22. The molecule has 0 saturated heterocycles. The second kappa shape index (κ2) is 8.65. The van der Waals surface area contributed by atoms with E-state index in [1.807, 2.05) is 50.6 Å². The molecule has 0 amide bonds. The van der Waals surface area contributed by atoms with Gasteiger partial charge in [0.05, 0.1) is 29.0 Å². The minimum atomic E-state index is -0.630. The Bertz CT molecular complexity index is 896. The Morgan fingerprint density at radius 2 is 1.86 bits per heavy atom. The maximum atomic E-state index is 10.0. The van der Waals surface area contributed by atoms with Gasteiger partial charge < -0.3 is 9.67 Å². The maximum absolute atomic E-state index is 10.0. The van der Waals surface area contributed by atoms with Gasteiger partial charge in [-0.2, -0.15) is 0 Å². The van der Waals surface area contributed by atoms with Crippen molar-refractivity contribution in [2.45, 2.75) is 65.0 Å². The second-order valence-corrected chi connectivity index (χ2v) is 7.98. The molecule has 1 atom stereocenters. The largest absolute Gasteiger partial charge is 0.390 e. The van der Waals surface area contributed by atoms with Crippen LogP contribution < -0.4 is 0 Å². The van der Waals surface area contributed by atoms with E-state index >= 15 is 0 Å². The van der Waals surface area contributed by atoms with E-state index in [1.165, 1.54) is 0 Å². The van der Waals surface area contributed by atoms with Gasteiger partial charge in [0.1, 0.15) is 5.82 Å². The number of aliphatic hydroxyl groups is 1. The molecule has 0 radical (unpaired) electrons. The Hall–Kier alpha value is -2.53. The molecule has 0 aliphatic carbocycles. The molecule has 148 valence electrons. The van der Waals surface area contributed by atoms with Gasteiger partial charge in [-0.05, 0) is 46.1 Å². The van der Waals surface area contributed by atoms with Crippen molar-refractivity contribution < 1.29 is 5.11 Å². The number of aromatic nitrogens is 4. The van der Waals surface area contributed by atoms with Crippen LogP contribution in [0.2, 0.25) is 0 Å². The van der Waals surface area contributed by atoms with Crippen molar-refractivity contribution in [2.24, 2.45) is 0 Å². The Morgan fingerprint density at radius 1 is 1.11 bits per heavy atom. The molecule has 0 bridgehead atoms. The van der Waals surface area contributed by atoms with Gasteiger partial charge in [0.2, 0.25) is 0 Å². The number of aryl methyl sites for hydroxylation is 1. The third-order valence-electron chi connectivity index (χ3n) is 4.99. The first-order valence-electron chi connectivity index (χ1n) is 10.1. The predicted octanol–water partition coefficient (Wildman–Crippen LogP) is 5.07. The van der Waals surface area contributed by atoms with Gasteiger partial charge in [0.15, 0.2) is 0 Å². The Labute approximate surface area is 167 Å². The zero-order valence-corrected chi connectivity index (χ0v) is 17.3. The van der Waals surface area contributed by atoms with Crippen molar-refractivity contribution in [3.05, 3.63) is 54.7 Å². The monoisotopic (exact) mass is 378 g/mol. The Morgan fingerprint density at radius 3 is 2.54 bits per heavy atom. The van der Waals surface area contributed by atoms with Crippen molar-refractivity contribution in [2.75, 3.05) is 0 Å². The standard InChI is InChI=1S/C23H30N4O/c1-5-20-24-15-13-19(26-20)22-21(18-11-7-6-8-12-18)25-16-27(22)17(2)10-9-14-23(3,4)28/h6-8,11-13,15-17,28H,5,9-10,14H2,1-4H3/t17-/m0/s1.